The second-order valence-corrected chi connectivity index (χ2v) is 7.58. The van der Waals surface area contributed by atoms with Crippen molar-refractivity contribution in [3.63, 3.8) is 0 Å². The molecular formula is C13H16F2O2S. The van der Waals surface area contributed by atoms with Crippen LogP contribution in [0.4, 0.5) is 8.78 Å². The third-order valence-electron chi connectivity index (χ3n) is 3.68. The number of rotatable bonds is 1. The lowest BCUT2D eigenvalue weighted by atomic mass is 9.84. The van der Waals surface area contributed by atoms with Gasteiger partial charge in [0.2, 0.25) is 0 Å². The van der Waals surface area contributed by atoms with Gasteiger partial charge in [0.1, 0.15) is 0 Å². The molecule has 2 atom stereocenters. The van der Waals surface area contributed by atoms with Crippen molar-refractivity contribution in [2.75, 3.05) is 0 Å². The lowest BCUT2D eigenvalue weighted by molar-refractivity contribution is 0.429. The molecule has 2 unspecified atom stereocenters. The van der Waals surface area contributed by atoms with Gasteiger partial charge >= 0.3 is 0 Å². The van der Waals surface area contributed by atoms with Crippen LogP contribution in [0.1, 0.15) is 38.7 Å². The average molecular weight is 274 g/mol. The molecule has 18 heavy (non-hydrogen) atoms. The summed E-state index contributed by atoms with van der Waals surface area (Å²) >= 11 is 0. The summed E-state index contributed by atoms with van der Waals surface area (Å²) in [4.78, 5) is -0.0427. The van der Waals surface area contributed by atoms with E-state index in [0.717, 1.165) is 12.1 Å². The van der Waals surface area contributed by atoms with Crippen LogP contribution in [-0.4, -0.2) is 13.7 Å². The van der Waals surface area contributed by atoms with Crippen molar-refractivity contribution in [2.24, 2.45) is 5.92 Å². The van der Waals surface area contributed by atoms with E-state index in [1.165, 1.54) is 0 Å². The van der Waals surface area contributed by atoms with Crippen LogP contribution >= 0.6 is 0 Å². The van der Waals surface area contributed by atoms with Crippen molar-refractivity contribution in [1.29, 1.82) is 0 Å². The molecule has 0 saturated heterocycles. The van der Waals surface area contributed by atoms with Crippen molar-refractivity contribution < 1.29 is 17.2 Å². The molecule has 2 nitrogen and oxygen atoms in total. The van der Waals surface area contributed by atoms with Gasteiger partial charge in [-0.1, -0.05) is 13.8 Å². The molecule has 0 spiro atoms. The van der Waals surface area contributed by atoms with Crippen LogP contribution in [-0.2, 0) is 9.84 Å². The summed E-state index contributed by atoms with van der Waals surface area (Å²) < 4.78 is 50.9. The number of halogens is 2. The minimum atomic E-state index is -3.53. The number of sulfone groups is 1. The predicted molar refractivity (Wildman–Crippen MR) is 65.2 cm³/mol. The van der Waals surface area contributed by atoms with Crippen molar-refractivity contribution >= 4 is 9.84 Å². The van der Waals surface area contributed by atoms with Crippen molar-refractivity contribution in [2.45, 2.75) is 43.3 Å². The summed E-state index contributed by atoms with van der Waals surface area (Å²) in [6.45, 7) is 5.54. The largest absolute Gasteiger partial charge is 0.223 e. The van der Waals surface area contributed by atoms with Crippen LogP contribution in [0.15, 0.2) is 17.0 Å². The fourth-order valence-electron chi connectivity index (χ4n) is 2.54. The van der Waals surface area contributed by atoms with E-state index in [-0.39, 0.29) is 16.7 Å². The van der Waals surface area contributed by atoms with Gasteiger partial charge in [-0.15, -0.1) is 0 Å². The lowest BCUT2D eigenvalue weighted by Gasteiger charge is -2.32. The maximum Gasteiger partial charge on any atom is 0.181 e. The van der Waals surface area contributed by atoms with E-state index < -0.39 is 26.7 Å². The molecule has 5 heteroatoms. The van der Waals surface area contributed by atoms with E-state index in [0.29, 0.717) is 12.0 Å². The molecule has 0 bridgehead atoms. The first kappa shape index (κ1) is 13.5. The first-order valence-corrected chi connectivity index (χ1v) is 7.52. The van der Waals surface area contributed by atoms with Crippen LogP contribution in [0.2, 0.25) is 0 Å². The smallest absolute Gasteiger partial charge is 0.181 e. The maximum atomic E-state index is 13.3. The van der Waals surface area contributed by atoms with E-state index >= 15 is 0 Å². The molecule has 0 fully saturated rings. The Morgan fingerprint density at radius 1 is 1.22 bits per heavy atom. The second-order valence-electron chi connectivity index (χ2n) is 5.25. The Kier molecular flexibility index (Phi) is 3.21. The molecular weight excluding hydrogens is 258 g/mol. The molecule has 2 rings (SSSR count). The first-order valence-electron chi connectivity index (χ1n) is 5.98. The fraction of sp³-hybridized carbons (Fsp3) is 0.538. The number of fused-ring (bicyclic) bond motifs is 1. The molecule has 0 amide bonds. The highest BCUT2D eigenvalue weighted by Gasteiger charge is 2.38. The number of hydrogen-bond donors (Lipinski definition) is 0. The van der Waals surface area contributed by atoms with Gasteiger partial charge in [-0.25, -0.2) is 17.2 Å². The van der Waals surface area contributed by atoms with Crippen molar-refractivity contribution in [3.8, 4) is 0 Å². The molecule has 1 heterocycles. The van der Waals surface area contributed by atoms with Gasteiger partial charge in [0, 0.05) is 0 Å². The minimum absolute atomic E-state index is 0.0427. The standard InChI is InChI=1S/C13H16F2O2S/c1-7(2)9-4-8(3)18(16,17)13-6-12(15)11(14)5-10(9)13/h5-9H,4H2,1-3H3. The normalized spacial score (nSPS) is 26.1. The number of benzene rings is 1. The Labute approximate surface area is 106 Å². The van der Waals surface area contributed by atoms with E-state index in [1.54, 1.807) is 6.92 Å². The molecule has 0 aliphatic carbocycles. The lowest BCUT2D eigenvalue weighted by Crippen LogP contribution is -2.30. The van der Waals surface area contributed by atoms with Crippen LogP contribution in [0, 0.1) is 17.6 Å². The van der Waals surface area contributed by atoms with Crippen LogP contribution in [0.3, 0.4) is 0 Å². The zero-order valence-electron chi connectivity index (χ0n) is 10.6. The Morgan fingerprint density at radius 2 is 1.78 bits per heavy atom. The molecule has 0 saturated carbocycles. The van der Waals surface area contributed by atoms with Gasteiger partial charge in [0.15, 0.2) is 21.5 Å². The van der Waals surface area contributed by atoms with Crippen molar-refractivity contribution in [3.05, 3.63) is 29.3 Å². The topological polar surface area (TPSA) is 34.1 Å². The Hall–Kier alpha value is -0.970. The molecule has 1 aliphatic rings. The van der Waals surface area contributed by atoms with Gasteiger partial charge in [0.05, 0.1) is 10.1 Å². The second kappa shape index (κ2) is 4.30. The highest BCUT2D eigenvalue weighted by atomic mass is 32.2. The van der Waals surface area contributed by atoms with Crippen LogP contribution in [0.25, 0.3) is 0 Å². The van der Waals surface area contributed by atoms with Crippen LogP contribution < -0.4 is 0 Å². The Balaban J connectivity index is 2.73. The summed E-state index contributed by atoms with van der Waals surface area (Å²) in [5.41, 5.74) is 0.419. The van der Waals surface area contributed by atoms with E-state index in [4.69, 9.17) is 0 Å². The molecule has 0 N–H and O–H groups in total. The summed E-state index contributed by atoms with van der Waals surface area (Å²) in [5.74, 6) is -1.95. The molecule has 100 valence electrons. The number of hydrogen-bond acceptors (Lipinski definition) is 2. The zero-order valence-corrected chi connectivity index (χ0v) is 11.4. The fourth-order valence-corrected chi connectivity index (χ4v) is 4.24. The van der Waals surface area contributed by atoms with Gasteiger partial charge < -0.3 is 0 Å². The van der Waals surface area contributed by atoms with Crippen LogP contribution in [0.5, 0.6) is 0 Å². The Morgan fingerprint density at radius 3 is 2.33 bits per heavy atom. The third kappa shape index (κ3) is 1.94. The highest BCUT2D eigenvalue weighted by Crippen LogP contribution is 2.42. The SMILES string of the molecule is CC(C)C1CC(C)S(=O)(=O)c2cc(F)c(F)cc21. The molecule has 0 aromatic heterocycles. The van der Waals surface area contributed by atoms with E-state index in [2.05, 4.69) is 0 Å². The average Bonchev–Trinajstić information content (AvgIpc) is 2.26. The van der Waals surface area contributed by atoms with E-state index in [1.807, 2.05) is 13.8 Å². The summed E-state index contributed by atoms with van der Waals surface area (Å²) in [5, 5.41) is -0.553. The van der Waals surface area contributed by atoms with Gasteiger partial charge in [0.25, 0.3) is 0 Å². The predicted octanol–water partition coefficient (Wildman–Crippen LogP) is 3.27. The first-order chi connectivity index (χ1) is 8.25. The summed E-state index contributed by atoms with van der Waals surface area (Å²) in [6, 6.07) is 1.86. The van der Waals surface area contributed by atoms with E-state index in [9.17, 15) is 17.2 Å². The van der Waals surface area contributed by atoms with Crippen molar-refractivity contribution in [1.82, 2.24) is 0 Å². The van der Waals surface area contributed by atoms with Gasteiger partial charge in [-0.3, -0.25) is 0 Å². The zero-order chi connectivity index (χ0) is 13.7. The van der Waals surface area contributed by atoms with Gasteiger partial charge in [-0.2, -0.15) is 0 Å². The highest BCUT2D eigenvalue weighted by molar-refractivity contribution is 7.92. The Bertz CT molecular complexity index is 579. The summed E-state index contributed by atoms with van der Waals surface area (Å²) in [7, 11) is -3.53. The minimum Gasteiger partial charge on any atom is -0.223 e. The third-order valence-corrected chi connectivity index (χ3v) is 5.90. The van der Waals surface area contributed by atoms with Gasteiger partial charge in [-0.05, 0) is 42.9 Å². The maximum absolute atomic E-state index is 13.3. The molecule has 1 aliphatic heterocycles. The molecule has 1 aromatic rings. The quantitative estimate of drug-likeness (QED) is 0.737. The molecule has 0 radical (unpaired) electrons. The molecule has 1 aromatic carbocycles. The summed E-state index contributed by atoms with van der Waals surface area (Å²) in [6.07, 6.45) is 0.456. The monoisotopic (exact) mass is 274 g/mol.